The number of benzene rings is 1. The van der Waals surface area contributed by atoms with Gasteiger partial charge >= 0.3 is 0 Å². The third-order valence-electron chi connectivity index (χ3n) is 3.33. The van der Waals surface area contributed by atoms with Crippen LogP contribution in [0.4, 0.5) is 0 Å². The van der Waals surface area contributed by atoms with Gasteiger partial charge in [-0.05, 0) is 30.9 Å². The number of aromatic nitrogens is 1. The molecule has 0 saturated carbocycles. The van der Waals surface area contributed by atoms with Crippen molar-refractivity contribution >= 4 is 17.7 Å². The molecule has 110 valence electrons. The van der Waals surface area contributed by atoms with E-state index in [1.165, 1.54) is 11.8 Å². The van der Waals surface area contributed by atoms with E-state index < -0.39 is 5.54 Å². The highest BCUT2D eigenvalue weighted by Gasteiger charge is 2.28. The summed E-state index contributed by atoms with van der Waals surface area (Å²) < 4.78 is 0. The van der Waals surface area contributed by atoms with E-state index in [9.17, 15) is 9.90 Å². The van der Waals surface area contributed by atoms with Crippen LogP contribution >= 0.6 is 11.8 Å². The molecule has 2 N–H and O–H groups in total. The summed E-state index contributed by atoms with van der Waals surface area (Å²) in [5, 5.41) is 13.3. The lowest BCUT2D eigenvalue weighted by molar-refractivity contribution is 0.0846. The molecule has 1 atom stereocenters. The molecule has 2 aromatic rings. The van der Waals surface area contributed by atoms with Gasteiger partial charge in [-0.3, -0.25) is 4.79 Å². The standard InChI is InChI=1S/C16H18N2O2S/c1-16(11-19,12-7-4-3-5-8-12)18-14(20)13-9-6-10-17-15(13)21-2/h3-10,19H,11H2,1-2H3,(H,18,20). The first kappa shape index (κ1) is 15.5. The van der Waals surface area contributed by atoms with E-state index in [0.29, 0.717) is 10.6 Å². The number of hydrogen-bond acceptors (Lipinski definition) is 4. The molecule has 1 unspecified atom stereocenters. The Labute approximate surface area is 128 Å². The lowest BCUT2D eigenvalue weighted by atomic mass is 9.92. The maximum Gasteiger partial charge on any atom is 0.254 e. The molecular weight excluding hydrogens is 284 g/mol. The molecule has 0 aliphatic rings. The number of aliphatic hydroxyl groups is 1. The summed E-state index contributed by atoms with van der Waals surface area (Å²) in [6.07, 6.45) is 3.53. The number of nitrogens with one attached hydrogen (secondary N) is 1. The second-order valence-electron chi connectivity index (χ2n) is 4.87. The number of aliphatic hydroxyl groups excluding tert-OH is 1. The highest BCUT2D eigenvalue weighted by molar-refractivity contribution is 7.98. The fraction of sp³-hybridized carbons (Fsp3) is 0.250. The second kappa shape index (κ2) is 6.74. The zero-order valence-corrected chi connectivity index (χ0v) is 12.9. The number of carbonyl (C=O) groups is 1. The molecule has 0 radical (unpaired) electrons. The molecule has 0 aliphatic carbocycles. The van der Waals surface area contributed by atoms with Crippen LogP contribution in [0.3, 0.4) is 0 Å². The van der Waals surface area contributed by atoms with Gasteiger partial charge in [0.1, 0.15) is 5.03 Å². The molecule has 5 heteroatoms. The van der Waals surface area contributed by atoms with Gasteiger partial charge in [0.05, 0.1) is 17.7 Å². The Hall–Kier alpha value is -1.85. The number of pyridine rings is 1. The van der Waals surface area contributed by atoms with Crippen molar-refractivity contribution in [2.75, 3.05) is 12.9 Å². The van der Waals surface area contributed by atoms with E-state index in [4.69, 9.17) is 0 Å². The molecule has 21 heavy (non-hydrogen) atoms. The van der Waals surface area contributed by atoms with Crippen LogP contribution in [0.1, 0.15) is 22.8 Å². The fourth-order valence-corrected chi connectivity index (χ4v) is 2.60. The van der Waals surface area contributed by atoms with Gasteiger partial charge in [0.25, 0.3) is 5.91 Å². The van der Waals surface area contributed by atoms with Crippen molar-refractivity contribution in [1.82, 2.24) is 10.3 Å². The van der Waals surface area contributed by atoms with Crippen molar-refractivity contribution < 1.29 is 9.90 Å². The Kier molecular flexibility index (Phi) is 4.98. The van der Waals surface area contributed by atoms with Gasteiger partial charge in [0.2, 0.25) is 0 Å². The molecule has 0 spiro atoms. The van der Waals surface area contributed by atoms with Gasteiger partial charge < -0.3 is 10.4 Å². The molecule has 1 amide bonds. The number of hydrogen-bond donors (Lipinski definition) is 2. The SMILES string of the molecule is CSc1ncccc1C(=O)NC(C)(CO)c1ccccc1. The Morgan fingerprint density at radius 2 is 2.00 bits per heavy atom. The van der Waals surface area contributed by atoms with Gasteiger partial charge in [-0.1, -0.05) is 30.3 Å². The molecule has 1 aromatic heterocycles. The van der Waals surface area contributed by atoms with Crippen molar-refractivity contribution in [3.8, 4) is 0 Å². The summed E-state index contributed by atoms with van der Waals surface area (Å²) in [5.74, 6) is -0.243. The largest absolute Gasteiger partial charge is 0.394 e. The minimum Gasteiger partial charge on any atom is -0.394 e. The Morgan fingerprint density at radius 1 is 1.29 bits per heavy atom. The van der Waals surface area contributed by atoms with Gasteiger partial charge in [0, 0.05) is 6.20 Å². The number of thioether (sulfide) groups is 1. The van der Waals surface area contributed by atoms with Gasteiger partial charge in [-0.2, -0.15) is 0 Å². The first-order valence-electron chi connectivity index (χ1n) is 6.58. The maximum atomic E-state index is 12.5. The number of nitrogens with zero attached hydrogens (tertiary/aromatic N) is 1. The topological polar surface area (TPSA) is 62.2 Å². The predicted octanol–water partition coefficient (Wildman–Crippen LogP) is 2.44. The van der Waals surface area contributed by atoms with Crippen LogP contribution in [0.2, 0.25) is 0 Å². The minimum absolute atomic E-state index is 0.183. The number of carbonyl (C=O) groups excluding carboxylic acids is 1. The first-order valence-corrected chi connectivity index (χ1v) is 7.81. The smallest absolute Gasteiger partial charge is 0.254 e. The summed E-state index contributed by atoms with van der Waals surface area (Å²) in [6, 6.07) is 12.9. The lowest BCUT2D eigenvalue weighted by Gasteiger charge is -2.29. The Morgan fingerprint density at radius 3 is 2.62 bits per heavy atom. The average Bonchev–Trinajstić information content (AvgIpc) is 2.55. The van der Waals surface area contributed by atoms with Crippen LogP contribution in [0.15, 0.2) is 53.7 Å². The minimum atomic E-state index is -0.830. The maximum absolute atomic E-state index is 12.5. The molecule has 1 heterocycles. The zero-order chi connectivity index (χ0) is 15.3. The molecule has 4 nitrogen and oxygen atoms in total. The van der Waals surface area contributed by atoms with Gasteiger partial charge in [-0.15, -0.1) is 11.8 Å². The van der Waals surface area contributed by atoms with Crippen LogP contribution in [-0.4, -0.2) is 28.9 Å². The summed E-state index contributed by atoms with van der Waals surface area (Å²) in [5.41, 5.74) is 0.542. The highest BCUT2D eigenvalue weighted by Crippen LogP contribution is 2.22. The molecular formula is C16H18N2O2S. The van der Waals surface area contributed by atoms with Crippen molar-refractivity contribution in [2.24, 2.45) is 0 Å². The van der Waals surface area contributed by atoms with Crippen molar-refractivity contribution in [3.63, 3.8) is 0 Å². The van der Waals surface area contributed by atoms with Gasteiger partial charge in [0.15, 0.2) is 0 Å². The third kappa shape index (κ3) is 3.43. The summed E-state index contributed by atoms with van der Waals surface area (Å²) in [6.45, 7) is 1.62. The van der Waals surface area contributed by atoms with E-state index >= 15 is 0 Å². The first-order chi connectivity index (χ1) is 10.1. The average molecular weight is 302 g/mol. The normalized spacial score (nSPS) is 13.5. The third-order valence-corrected chi connectivity index (χ3v) is 4.04. The molecule has 2 rings (SSSR count). The number of rotatable bonds is 5. The summed E-state index contributed by atoms with van der Waals surface area (Å²) >= 11 is 1.42. The highest BCUT2D eigenvalue weighted by atomic mass is 32.2. The van der Waals surface area contributed by atoms with E-state index in [1.54, 1.807) is 25.3 Å². The second-order valence-corrected chi connectivity index (χ2v) is 5.67. The van der Waals surface area contributed by atoms with Crippen LogP contribution in [0, 0.1) is 0 Å². The molecule has 0 aliphatic heterocycles. The summed E-state index contributed by atoms with van der Waals surface area (Å²) in [7, 11) is 0. The van der Waals surface area contributed by atoms with Crippen molar-refractivity contribution in [1.29, 1.82) is 0 Å². The predicted molar refractivity (Wildman–Crippen MR) is 84.4 cm³/mol. The fourth-order valence-electron chi connectivity index (χ4n) is 2.05. The van der Waals surface area contributed by atoms with E-state index in [1.807, 2.05) is 36.6 Å². The lowest BCUT2D eigenvalue weighted by Crippen LogP contribution is -2.46. The van der Waals surface area contributed by atoms with Crippen molar-refractivity contribution in [3.05, 3.63) is 59.8 Å². The Balaban J connectivity index is 2.28. The molecule has 0 bridgehead atoms. The number of amides is 1. The van der Waals surface area contributed by atoms with E-state index in [-0.39, 0.29) is 12.5 Å². The molecule has 0 saturated heterocycles. The van der Waals surface area contributed by atoms with Gasteiger partial charge in [-0.25, -0.2) is 4.98 Å². The van der Waals surface area contributed by atoms with Crippen LogP contribution in [0.5, 0.6) is 0 Å². The summed E-state index contributed by atoms with van der Waals surface area (Å²) in [4.78, 5) is 16.7. The monoisotopic (exact) mass is 302 g/mol. The van der Waals surface area contributed by atoms with Crippen LogP contribution in [-0.2, 0) is 5.54 Å². The Bertz CT molecular complexity index is 619. The van der Waals surface area contributed by atoms with E-state index in [0.717, 1.165) is 5.56 Å². The van der Waals surface area contributed by atoms with E-state index in [2.05, 4.69) is 10.3 Å². The molecule has 1 aromatic carbocycles. The van der Waals surface area contributed by atoms with Crippen LogP contribution < -0.4 is 5.32 Å². The zero-order valence-electron chi connectivity index (χ0n) is 12.0. The van der Waals surface area contributed by atoms with Crippen LogP contribution in [0.25, 0.3) is 0 Å². The van der Waals surface area contributed by atoms with Crippen molar-refractivity contribution in [2.45, 2.75) is 17.5 Å². The quantitative estimate of drug-likeness (QED) is 0.833. The molecule has 0 fully saturated rings.